The molecule has 0 aliphatic rings. The van der Waals surface area contributed by atoms with Gasteiger partial charge in [0.15, 0.2) is 6.61 Å². The van der Waals surface area contributed by atoms with E-state index in [2.05, 4.69) is 15.0 Å². The van der Waals surface area contributed by atoms with Crippen LogP contribution in [-0.2, 0) is 4.79 Å². The first kappa shape index (κ1) is 18.7. The summed E-state index contributed by atoms with van der Waals surface area (Å²) in [7, 11) is 0. The number of hydrogen-bond acceptors (Lipinski definition) is 4. The molecule has 134 valence electrons. The van der Waals surface area contributed by atoms with E-state index in [4.69, 9.17) is 5.73 Å². The number of amides is 1. The fourth-order valence-corrected chi connectivity index (χ4v) is 2.08. The number of carbonyl (C=O) groups is 1. The number of benzene rings is 1. The molecule has 2 rings (SSSR count). The van der Waals surface area contributed by atoms with Gasteiger partial charge in [0, 0.05) is 12.1 Å². The summed E-state index contributed by atoms with van der Waals surface area (Å²) >= 11 is 0. The van der Waals surface area contributed by atoms with Crippen LogP contribution in [0.3, 0.4) is 0 Å². The summed E-state index contributed by atoms with van der Waals surface area (Å²) in [6.07, 6.45) is -3.21. The van der Waals surface area contributed by atoms with Crippen LogP contribution in [0.5, 0.6) is 5.88 Å². The molecule has 1 aromatic heterocycles. The van der Waals surface area contributed by atoms with Gasteiger partial charge in [0.1, 0.15) is 0 Å². The van der Waals surface area contributed by atoms with Crippen molar-refractivity contribution in [3.8, 4) is 5.88 Å². The highest BCUT2D eigenvalue weighted by molar-refractivity contribution is 5.92. The van der Waals surface area contributed by atoms with Gasteiger partial charge in [-0.1, -0.05) is 37.3 Å². The van der Waals surface area contributed by atoms with Crippen LogP contribution in [0.2, 0.25) is 0 Å². The molecule has 1 aromatic carbocycles. The summed E-state index contributed by atoms with van der Waals surface area (Å²) < 4.78 is 40.7. The van der Waals surface area contributed by atoms with E-state index >= 15 is 0 Å². The van der Waals surface area contributed by atoms with Crippen LogP contribution in [0.25, 0.3) is 0 Å². The molecule has 2 aromatic rings. The molecule has 25 heavy (non-hydrogen) atoms. The number of nitrogens with two attached hydrogens (primary N) is 1. The smallest absolute Gasteiger partial charge is 0.422 e. The minimum absolute atomic E-state index is 0.177. The second-order valence-electron chi connectivity index (χ2n) is 5.50. The Morgan fingerprint density at radius 2 is 1.92 bits per heavy atom. The second-order valence-corrected chi connectivity index (χ2v) is 5.50. The molecule has 2 unspecified atom stereocenters. The second kappa shape index (κ2) is 7.98. The van der Waals surface area contributed by atoms with Crippen LogP contribution in [0.1, 0.15) is 18.5 Å². The monoisotopic (exact) mass is 353 g/mol. The zero-order valence-electron chi connectivity index (χ0n) is 13.5. The molecule has 1 amide bonds. The molecule has 8 heteroatoms. The number of rotatable bonds is 6. The third kappa shape index (κ3) is 5.75. The molecule has 0 spiro atoms. The summed E-state index contributed by atoms with van der Waals surface area (Å²) in [4.78, 5) is 16.0. The Morgan fingerprint density at radius 1 is 1.24 bits per heavy atom. The third-order valence-corrected chi connectivity index (χ3v) is 3.52. The number of anilines is 1. The van der Waals surface area contributed by atoms with Crippen molar-refractivity contribution < 1.29 is 22.7 Å². The molecule has 0 fully saturated rings. The van der Waals surface area contributed by atoms with Gasteiger partial charge in [-0.2, -0.15) is 13.2 Å². The largest absolute Gasteiger partial charge is 0.468 e. The van der Waals surface area contributed by atoms with Crippen LogP contribution in [0, 0.1) is 5.92 Å². The predicted molar refractivity (Wildman–Crippen MR) is 87.0 cm³/mol. The molecular weight excluding hydrogens is 335 g/mol. The van der Waals surface area contributed by atoms with E-state index < -0.39 is 24.7 Å². The van der Waals surface area contributed by atoms with Crippen molar-refractivity contribution in [1.29, 1.82) is 0 Å². The average molecular weight is 353 g/mol. The molecule has 2 atom stereocenters. The minimum Gasteiger partial charge on any atom is -0.468 e. The lowest BCUT2D eigenvalue weighted by Crippen LogP contribution is -2.30. The molecule has 0 bridgehead atoms. The maximum Gasteiger partial charge on any atom is 0.422 e. The number of nitrogens with one attached hydrogen (secondary N) is 1. The minimum atomic E-state index is -4.43. The number of nitrogens with zero attached hydrogens (tertiary/aromatic N) is 1. The Bertz CT molecular complexity index is 691. The van der Waals surface area contributed by atoms with E-state index in [0.29, 0.717) is 5.69 Å². The molecule has 0 saturated carbocycles. The number of aromatic nitrogens is 1. The van der Waals surface area contributed by atoms with E-state index in [0.717, 1.165) is 5.56 Å². The topological polar surface area (TPSA) is 77.2 Å². The normalized spacial score (nSPS) is 13.8. The van der Waals surface area contributed by atoms with Gasteiger partial charge in [-0.05, 0) is 11.6 Å². The van der Waals surface area contributed by atoms with Crippen LogP contribution in [0.15, 0.2) is 48.7 Å². The molecule has 5 nitrogen and oxygen atoms in total. The van der Waals surface area contributed by atoms with E-state index in [1.54, 1.807) is 6.92 Å². The Balaban J connectivity index is 1.93. The number of hydrogen-bond donors (Lipinski definition) is 2. The van der Waals surface area contributed by atoms with E-state index in [9.17, 15) is 18.0 Å². The Labute approximate surface area is 143 Å². The molecule has 0 aliphatic carbocycles. The van der Waals surface area contributed by atoms with Crippen LogP contribution in [0.4, 0.5) is 18.9 Å². The highest BCUT2D eigenvalue weighted by atomic mass is 19.4. The number of halogens is 3. The number of ether oxygens (including phenoxy) is 1. The quantitative estimate of drug-likeness (QED) is 0.835. The highest BCUT2D eigenvalue weighted by Crippen LogP contribution is 2.22. The first-order valence-corrected chi connectivity index (χ1v) is 7.53. The molecule has 0 radical (unpaired) electrons. The van der Waals surface area contributed by atoms with Crippen molar-refractivity contribution in [3.63, 3.8) is 0 Å². The summed E-state index contributed by atoms with van der Waals surface area (Å²) in [5.41, 5.74) is 7.27. The molecule has 3 N–H and O–H groups in total. The SMILES string of the molecule is CC(C(=O)Nc1ccc(OCC(F)(F)F)nc1)C(N)c1ccccc1. The summed E-state index contributed by atoms with van der Waals surface area (Å²) in [6, 6.07) is 11.4. The van der Waals surface area contributed by atoms with Crippen molar-refractivity contribution in [2.24, 2.45) is 11.7 Å². The van der Waals surface area contributed by atoms with Crippen molar-refractivity contribution in [1.82, 2.24) is 4.98 Å². The lowest BCUT2D eigenvalue weighted by Gasteiger charge is -2.19. The lowest BCUT2D eigenvalue weighted by molar-refractivity contribution is -0.154. The first-order valence-electron chi connectivity index (χ1n) is 7.53. The van der Waals surface area contributed by atoms with Crippen molar-refractivity contribution in [3.05, 3.63) is 54.2 Å². The van der Waals surface area contributed by atoms with E-state index in [1.807, 2.05) is 30.3 Å². The van der Waals surface area contributed by atoms with Crippen molar-refractivity contribution in [2.45, 2.75) is 19.1 Å². The molecular formula is C17H18F3N3O2. The van der Waals surface area contributed by atoms with Gasteiger partial charge in [0.05, 0.1) is 17.8 Å². The Morgan fingerprint density at radius 3 is 2.48 bits per heavy atom. The van der Waals surface area contributed by atoms with Crippen LogP contribution < -0.4 is 15.8 Å². The Hall–Kier alpha value is -2.61. The fraction of sp³-hybridized carbons (Fsp3) is 0.294. The first-order chi connectivity index (χ1) is 11.8. The summed E-state index contributed by atoms with van der Waals surface area (Å²) in [5.74, 6) is -1.00. The van der Waals surface area contributed by atoms with Gasteiger partial charge in [-0.25, -0.2) is 4.98 Å². The third-order valence-electron chi connectivity index (χ3n) is 3.52. The molecule has 0 saturated heterocycles. The van der Waals surface area contributed by atoms with Gasteiger partial charge >= 0.3 is 6.18 Å². The van der Waals surface area contributed by atoms with Crippen molar-refractivity contribution >= 4 is 11.6 Å². The maximum atomic E-state index is 12.3. The standard InChI is InChI=1S/C17H18F3N3O2/c1-11(15(21)12-5-3-2-4-6-12)16(24)23-13-7-8-14(22-9-13)25-10-17(18,19)20/h2-9,11,15H,10,21H2,1H3,(H,23,24). The predicted octanol–water partition coefficient (Wildman–Crippen LogP) is 3.30. The fourth-order valence-electron chi connectivity index (χ4n) is 2.08. The maximum absolute atomic E-state index is 12.3. The van der Waals surface area contributed by atoms with Crippen molar-refractivity contribution in [2.75, 3.05) is 11.9 Å². The molecule has 0 aliphatic heterocycles. The van der Waals surface area contributed by atoms with Gasteiger partial charge < -0.3 is 15.8 Å². The zero-order valence-corrected chi connectivity index (χ0v) is 13.5. The lowest BCUT2D eigenvalue weighted by atomic mass is 9.94. The van der Waals surface area contributed by atoms with Crippen LogP contribution >= 0.6 is 0 Å². The van der Waals surface area contributed by atoms with E-state index in [1.165, 1.54) is 18.3 Å². The van der Waals surface area contributed by atoms with Gasteiger partial charge in [-0.15, -0.1) is 0 Å². The number of alkyl halides is 3. The highest BCUT2D eigenvalue weighted by Gasteiger charge is 2.28. The van der Waals surface area contributed by atoms with Crippen LogP contribution in [-0.4, -0.2) is 23.7 Å². The molecule has 1 heterocycles. The average Bonchev–Trinajstić information content (AvgIpc) is 2.60. The van der Waals surface area contributed by atoms with E-state index in [-0.39, 0.29) is 11.8 Å². The van der Waals surface area contributed by atoms with Gasteiger partial charge in [0.25, 0.3) is 0 Å². The summed E-state index contributed by atoms with van der Waals surface area (Å²) in [6.45, 7) is 0.274. The number of pyridine rings is 1. The number of carbonyl (C=O) groups excluding carboxylic acids is 1. The van der Waals surface area contributed by atoms with Gasteiger partial charge in [0.2, 0.25) is 11.8 Å². The zero-order chi connectivity index (χ0) is 18.4. The summed E-state index contributed by atoms with van der Waals surface area (Å²) in [5, 5.41) is 2.63. The van der Waals surface area contributed by atoms with Gasteiger partial charge in [-0.3, -0.25) is 4.79 Å². The Kier molecular flexibility index (Phi) is 5.97.